The molecule has 0 aromatic heterocycles. The zero-order valence-electron chi connectivity index (χ0n) is 25.0. The third-order valence-corrected chi connectivity index (χ3v) is 8.61. The number of ether oxygens (including phenoxy) is 5. The van der Waals surface area contributed by atoms with E-state index in [1.165, 1.54) is 27.8 Å². The second-order valence-electron chi connectivity index (χ2n) is 11.9. The van der Waals surface area contributed by atoms with Crippen LogP contribution in [0.1, 0.15) is 55.5 Å². The number of hydrogen-bond acceptors (Lipinski definition) is 5. The Morgan fingerprint density at radius 2 is 0.833 bits per heavy atom. The predicted octanol–water partition coefficient (Wildman–Crippen LogP) is 7.32. The lowest BCUT2D eigenvalue weighted by Gasteiger charge is -2.33. The first-order valence-corrected chi connectivity index (χ1v) is 14.9. The molecule has 2 aliphatic heterocycles. The van der Waals surface area contributed by atoms with Crippen LogP contribution in [0.15, 0.2) is 97.1 Å². The van der Waals surface area contributed by atoms with Gasteiger partial charge in [0.15, 0.2) is 0 Å². The van der Waals surface area contributed by atoms with Gasteiger partial charge in [0.05, 0.1) is 19.8 Å². The highest BCUT2D eigenvalue weighted by Gasteiger charge is 2.33. The summed E-state index contributed by atoms with van der Waals surface area (Å²) < 4.78 is 28.1. The van der Waals surface area contributed by atoms with E-state index in [0.717, 1.165) is 30.5 Å². The molecule has 0 amide bonds. The maximum Gasteiger partial charge on any atom is 0.119 e. The summed E-state index contributed by atoms with van der Waals surface area (Å²) in [6, 6.07) is 34.5. The van der Waals surface area contributed by atoms with Crippen molar-refractivity contribution in [3.05, 3.63) is 125 Å². The first-order chi connectivity index (χ1) is 20.4. The summed E-state index contributed by atoms with van der Waals surface area (Å²) in [6.45, 7) is 12.3. The standard InChI is InChI=1S/C37H40O5/c1-5-38-31-18-12-29(13-19-31)37(4,30-14-20-33(21-15-30)40-23-35-25-42-35)28-8-6-26(7-9-28)36(2,3)27-10-16-32(17-11-27)39-22-34-24-41-34/h6-21,34-35H,5,22-25H2,1-4H3. The van der Waals surface area contributed by atoms with Gasteiger partial charge in [-0.25, -0.2) is 0 Å². The van der Waals surface area contributed by atoms with Crippen LogP contribution in [-0.2, 0) is 20.3 Å². The molecule has 5 nitrogen and oxygen atoms in total. The summed E-state index contributed by atoms with van der Waals surface area (Å²) in [5, 5.41) is 0. The van der Waals surface area contributed by atoms with Crippen molar-refractivity contribution < 1.29 is 23.7 Å². The van der Waals surface area contributed by atoms with Crippen LogP contribution in [0, 0.1) is 0 Å². The van der Waals surface area contributed by atoms with Crippen molar-refractivity contribution in [1.29, 1.82) is 0 Å². The van der Waals surface area contributed by atoms with Gasteiger partial charge in [-0.1, -0.05) is 74.5 Å². The molecule has 2 aliphatic rings. The van der Waals surface area contributed by atoms with E-state index in [4.69, 9.17) is 23.7 Å². The number of hydrogen-bond donors (Lipinski definition) is 0. The molecule has 42 heavy (non-hydrogen) atoms. The second-order valence-corrected chi connectivity index (χ2v) is 11.9. The van der Waals surface area contributed by atoms with E-state index in [2.05, 4.69) is 118 Å². The molecule has 0 N–H and O–H groups in total. The largest absolute Gasteiger partial charge is 0.494 e. The summed E-state index contributed by atoms with van der Waals surface area (Å²) >= 11 is 0. The van der Waals surface area contributed by atoms with Crippen molar-refractivity contribution in [3.8, 4) is 17.2 Å². The fraction of sp³-hybridized carbons (Fsp3) is 0.351. The molecular weight excluding hydrogens is 524 g/mol. The average molecular weight is 565 g/mol. The summed E-state index contributed by atoms with van der Waals surface area (Å²) in [6.07, 6.45) is 0.483. The molecule has 0 bridgehead atoms. The molecule has 0 aliphatic carbocycles. The highest BCUT2D eigenvalue weighted by molar-refractivity contribution is 5.52. The van der Waals surface area contributed by atoms with Crippen LogP contribution in [0.25, 0.3) is 0 Å². The Balaban J connectivity index is 1.28. The molecule has 0 saturated carbocycles. The Morgan fingerprint density at radius 3 is 1.19 bits per heavy atom. The first-order valence-electron chi connectivity index (χ1n) is 14.9. The lowest BCUT2D eigenvalue weighted by molar-refractivity contribution is 0.263. The van der Waals surface area contributed by atoms with Gasteiger partial charge in [-0.15, -0.1) is 0 Å². The normalized spacial score (nSPS) is 19.0. The first kappa shape index (κ1) is 28.3. The van der Waals surface area contributed by atoms with E-state index in [9.17, 15) is 0 Å². The van der Waals surface area contributed by atoms with Crippen molar-refractivity contribution in [1.82, 2.24) is 0 Å². The molecule has 5 heteroatoms. The molecule has 0 spiro atoms. The Hall–Kier alpha value is -3.80. The smallest absolute Gasteiger partial charge is 0.119 e. The maximum atomic E-state index is 5.93. The fourth-order valence-electron chi connectivity index (χ4n) is 5.50. The minimum absolute atomic E-state index is 0.170. The monoisotopic (exact) mass is 564 g/mol. The van der Waals surface area contributed by atoms with Crippen molar-refractivity contribution >= 4 is 0 Å². The SMILES string of the molecule is CCOc1ccc(C(C)(c2ccc(OCC3CO3)cc2)c2ccc(C(C)(C)c3ccc(OCC4CO4)cc3)cc2)cc1. The molecule has 2 fully saturated rings. The highest BCUT2D eigenvalue weighted by Crippen LogP contribution is 2.41. The van der Waals surface area contributed by atoms with Crippen LogP contribution in [-0.4, -0.2) is 45.2 Å². The van der Waals surface area contributed by atoms with Gasteiger partial charge in [0.2, 0.25) is 0 Å². The Labute approximate surface area is 249 Å². The predicted molar refractivity (Wildman–Crippen MR) is 165 cm³/mol. The summed E-state index contributed by atoms with van der Waals surface area (Å²) in [5.74, 6) is 2.62. The van der Waals surface area contributed by atoms with Crippen molar-refractivity contribution in [2.24, 2.45) is 0 Å². The quantitative estimate of drug-likeness (QED) is 0.126. The van der Waals surface area contributed by atoms with Gasteiger partial charge >= 0.3 is 0 Å². The zero-order chi connectivity index (χ0) is 29.2. The van der Waals surface area contributed by atoms with Crippen LogP contribution < -0.4 is 14.2 Å². The van der Waals surface area contributed by atoms with Crippen molar-refractivity contribution in [2.45, 2.75) is 50.7 Å². The van der Waals surface area contributed by atoms with Crippen LogP contribution in [0.3, 0.4) is 0 Å². The number of benzene rings is 4. The van der Waals surface area contributed by atoms with Gasteiger partial charge in [0.1, 0.15) is 42.7 Å². The molecule has 4 aromatic carbocycles. The van der Waals surface area contributed by atoms with Gasteiger partial charge in [-0.2, -0.15) is 0 Å². The minimum Gasteiger partial charge on any atom is -0.494 e. The number of rotatable bonds is 13. The lowest BCUT2D eigenvalue weighted by atomic mass is 9.70. The van der Waals surface area contributed by atoms with Crippen LogP contribution >= 0.6 is 0 Å². The van der Waals surface area contributed by atoms with Gasteiger partial charge in [-0.05, 0) is 78.1 Å². The maximum absolute atomic E-state index is 5.93. The Bertz CT molecular complexity index is 1450. The van der Waals surface area contributed by atoms with Crippen molar-refractivity contribution in [3.63, 3.8) is 0 Å². The summed E-state index contributed by atoms with van der Waals surface area (Å²) in [5.41, 5.74) is 5.56. The van der Waals surface area contributed by atoms with Gasteiger partial charge in [0, 0.05) is 10.8 Å². The second kappa shape index (κ2) is 11.8. The topological polar surface area (TPSA) is 52.8 Å². The summed E-state index contributed by atoms with van der Waals surface area (Å²) in [4.78, 5) is 0. The van der Waals surface area contributed by atoms with Gasteiger partial charge in [0.25, 0.3) is 0 Å². The van der Waals surface area contributed by atoms with E-state index < -0.39 is 0 Å². The van der Waals surface area contributed by atoms with E-state index in [-0.39, 0.29) is 23.0 Å². The van der Waals surface area contributed by atoms with E-state index in [0.29, 0.717) is 19.8 Å². The third-order valence-electron chi connectivity index (χ3n) is 8.61. The Kier molecular flexibility index (Phi) is 7.98. The molecule has 2 heterocycles. The average Bonchev–Trinajstić information content (AvgIpc) is 3.96. The lowest BCUT2D eigenvalue weighted by Crippen LogP contribution is -2.26. The van der Waals surface area contributed by atoms with E-state index in [1.54, 1.807) is 0 Å². The minimum atomic E-state index is -0.379. The molecule has 2 saturated heterocycles. The molecule has 4 aromatic rings. The van der Waals surface area contributed by atoms with Crippen LogP contribution in [0.5, 0.6) is 17.2 Å². The molecule has 3 unspecified atom stereocenters. The van der Waals surface area contributed by atoms with Gasteiger partial charge < -0.3 is 23.7 Å². The third kappa shape index (κ3) is 6.18. The molecule has 3 atom stereocenters. The zero-order valence-corrected chi connectivity index (χ0v) is 25.0. The summed E-state index contributed by atoms with van der Waals surface area (Å²) in [7, 11) is 0. The molecular formula is C37H40O5. The van der Waals surface area contributed by atoms with Crippen LogP contribution in [0.2, 0.25) is 0 Å². The fourth-order valence-corrected chi connectivity index (χ4v) is 5.50. The molecule has 218 valence electrons. The van der Waals surface area contributed by atoms with Gasteiger partial charge in [-0.3, -0.25) is 0 Å². The molecule has 0 radical (unpaired) electrons. The van der Waals surface area contributed by atoms with E-state index in [1.807, 2.05) is 6.92 Å². The van der Waals surface area contributed by atoms with E-state index >= 15 is 0 Å². The number of epoxide rings is 2. The Morgan fingerprint density at radius 1 is 0.524 bits per heavy atom. The van der Waals surface area contributed by atoms with Crippen molar-refractivity contribution in [2.75, 3.05) is 33.0 Å². The van der Waals surface area contributed by atoms with Crippen LogP contribution in [0.4, 0.5) is 0 Å². The highest BCUT2D eigenvalue weighted by atomic mass is 16.6. The molecule has 6 rings (SSSR count).